The van der Waals surface area contributed by atoms with Crippen molar-refractivity contribution in [2.75, 3.05) is 30.9 Å². The number of anilines is 2. The zero-order chi connectivity index (χ0) is 18.2. The zero-order valence-corrected chi connectivity index (χ0v) is 14.7. The van der Waals surface area contributed by atoms with Crippen LogP contribution in [0.15, 0.2) is 48.5 Å². The largest absolute Gasteiger partial charge is 0.479 e. The van der Waals surface area contributed by atoms with E-state index in [1.807, 2.05) is 31.1 Å². The third-order valence-corrected chi connectivity index (χ3v) is 3.54. The summed E-state index contributed by atoms with van der Waals surface area (Å²) < 4.78 is 5.18. The predicted octanol–water partition coefficient (Wildman–Crippen LogP) is 3.96. The Hall–Kier alpha value is -2.97. The van der Waals surface area contributed by atoms with Crippen molar-refractivity contribution >= 4 is 35.0 Å². The molecule has 0 aliphatic carbocycles. The van der Waals surface area contributed by atoms with Crippen LogP contribution in [0.1, 0.15) is 5.56 Å². The van der Waals surface area contributed by atoms with Crippen LogP contribution in [0.25, 0.3) is 6.08 Å². The van der Waals surface area contributed by atoms with Gasteiger partial charge in [0.2, 0.25) is 5.91 Å². The van der Waals surface area contributed by atoms with Gasteiger partial charge in [-0.2, -0.15) is 5.26 Å². The van der Waals surface area contributed by atoms with E-state index in [4.69, 9.17) is 21.6 Å². The Morgan fingerprint density at radius 2 is 2.00 bits per heavy atom. The molecule has 0 fully saturated rings. The SMILES string of the molecule is CN(C)c1ccc(Cl)cc1NC(=O)/C=C/c1ccc(OCC#N)cc1. The number of amides is 1. The summed E-state index contributed by atoms with van der Waals surface area (Å²) in [6.45, 7) is 0.00539. The quantitative estimate of drug-likeness (QED) is 0.796. The second kappa shape index (κ2) is 8.76. The van der Waals surface area contributed by atoms with Crippen molar-refractivity contribution in [1.82, 2.24) is 0 Å². The molecule has 0 aliphatic rings. The number of carbonyl (C=O) groups is 1. The number of hydrogen-bond acceptors (Lipinski definition) is 4. The normalized spacial score (nSPS) is 10.3. The molecule has 0 aliphatic heterocycles. The predicted molar refractivity (Wildman–Crippen MR) is 101 cm³/mol. The van der Waals surface area contributed by atoms with Crippen LogP contribution in [0, 0.1) is 11.3 Å². The minimum absolute atomic E-state index is 0.00539. The molecule has 6 heteroatoms. The molecule has 2 rings (SSSR count). The summed E-state index contributed by atoms with van der Waals surface area (Å²) in [5, 5.41) is 11.9. The van der Waals surface area contributed by atoms with Crippen molar-refractivity contribution in [3.8, 4) is 11.8 Å². The van der Waals surface area contributed by atoms with Gasteiger partial charge in [0, 0.05) is 25.2 Å². The first kappa shape index (κ1) is 18.4. The van der Waals surface area contributed by atoms with Crippen LogP contribution in [-0.4, -0.2) is 26.6 Å². The molecule has 0 unspecified atom stereocenters. The van der Waals surface area contributed by atoms with Gasteiger partial charge in [0.05, 0.1) is 11.4 Å². The van der Waals surface area contributed by atoms with E-state index in [0.29, 0.717) is 16.5 Å². The highest BCUT2D eigenvalue weighted by Gasteiger charge is 2.07. The first-order valence-electron chi connectivity index (χ1n) is 7.55. The minimum atomic E-state index is -0.254. The number of benzene rings is 2. The molecular weight excluding hydrogens is 338 g/mol. The Morgan fingerprint density at radius 1 is 1.28 bits per heavy atom. The second-order valence-corrected chi connectivity index (χ2v) is 5.83. The maximum Gasteiger partial charge on any atom is 0.248 e. The third kappa shape index (κ3) is 5.55. The lowest BCUT2D eigenvalue weighted by Crippen LogP contribution is -2.15. The smallest absolute Gasteiger partial charge is 0.248 e. The van der Waals surface area contributed by atoms with E-state index in [1.54, 1.807) is 42.5 Å². The van der Waals surface area contributed by atoms with E-state index in [9.17, 15) is 4.79 Å². The monoisotopic (exact) mass is 355 g/mol. The van der Waals surface area contributed by atoms with Crippen molar-refractivity contribution in [3.63, 3.8) is 0 Å². The van der Waals surface area contributed by atoms with Gasteiger partial charge in [0.25, 0.3) is 0 Å². The average molecular weight is 356 g/mol. The molecule has 0 heterocycles. The molecule has 2 aromatic carbocycles. The van der Waals surface area contributed by atoms with Crippen LogP contribution in [0.2, 0.25) is 5.02 Å². The van der Waals surface area contributed by atoms with E-state index in [-0.39, 0.29) is 12.5 Å². The topological polar surface area (TPSA) is 65.4 Å². The maximum absolute atomic E-state index is 12.2. The molecule has 0 spiro atoms. The summed E-state index contributed by atoms with van der Waals surface area (Å²) in [7, 11) is 3.79. The fourth-order valence-electron chi connectivity index (χ4n) is 2.14. The van der Waals surface area contributed by atoms with E-state index in [1.165, 1.54) is 6.08 Å². The Morgan fingerprint density at radius 3 is 2.64 bits per heavy atom. The van der Waals surface area contributed by atoms with Crippen molar-refractivity contribution in [3.05, 3.63) is 59.1 Å². The van der Waals surface area contributed by atoms with Crippen molar-refractivity contribution in [2.45, 2.75) is 0 Å². The molecule has 0 saturated carbocycles. The number of nitriles is 1. The molecule has 2 aromatic rings. The standard InChI is InChI=1S/C19H18ClN3O2/c1-23(2)18-9-6-15(20)13-17(18)22-19(24)10-5-14-3-7-16(8-4-14)25-12-11-21/h3-10,13H,12H2,1-2H3,(H,22,24)/b10-5+. The molecule has 0 aromatic heterocycles. The van der Waals surface area contributed by atoms with Gasteiger partial charge in [-0.3, -0.25) is 4.79 Å². The summed E-state index contributed by atoms with van der Waals surface area (Å²) in [6.07, 6.45) is 3.15. The van der Waals surface area contributed by atoms with Crippen molar-refractivity contribution in [2.24, 2.45) is 0 Å². The molecule has 128 valence electrons. The van der Waals surface area contributed by atoms with Crippen molar-refractivity contribution in [1.29, 1.82) is 5.26 Å². The van der Waals surface area contributed by atoms with Gasteiger partial charge in [-0.15, -0.1) is 0 Å². The van der Waals surface area contributed by atoms with E-state index in [0.717, 1.165) is 11.3 Å². The van der Waals surface area contributed by atoms with Crippen LogP contribution in [0.3, 0.4) is 0 Å². The first-order valence-corrected chi connectivity index (χ1v) is 7.93. The number of hydrogen-bond donors (Lipinski definition) is 1. The summed E-state index contributed by atoms with van der Waals surface area (Å²) >= 11 is 6.01. The van der Waals surface area contributed by atoms with Crippen LogP contribution in [-0.2, 0) is 4.79 Å². The Bertz CT molecular complexity index is 808. The van der Waals surface area contributed by atoms with Gasteiger partial charge < -0.3 is 15.0 Å². The lowest BCUT2D eigenvalue weighted by Gasteiger charge is -2.17. The Balaban J connectivity index is 2.04. The highest BCUT2D eigenvalue weighted by Crippen LogP contribution is 2.27. The number of rotatable bonds is 6. The molecule has 0 radical (unpaired) electrons. The highest BCUT2D eigenvalue weighted by molar-refractivity contribution is 6.31. The minimum Gasteiger partial charge on any atom is -0.479 e. The number of nitrogens with zero attached hydrogens (tertiary/aromatic N) is 2. The molecule has 0 saturated heterocycles. The van der Waals surface area contributed by atoms with Gasteiger partial charge in [0.1, 0.15) is 11.8 Å². The molecular formula is C19H18ClN3O2. The maximum atomic E-state index is 12.2. The number of nitrogens with one attached hydrogen (secondary N) is 1. The summed E-state index contributed by atoms with van der Waals surface area (Å²) in [4.78, 5) is 14.1. The fourth-order valence-corrected chi connectivity index (χ4v) is 2.31. The van der Waals surface area contributed by atoms with Gasteiger partial charge in [0.15, 0.2) is 6.61 Å². The van der Waals surface area contributed by atoms with Crippen molar-refractivity contribution < 1.29 is 9.53 Å². The zero-order valence-electron chi connectivity index (χ0n) is 14.0. The summed E-state index contributed by atoms with van der Waals surface area (Å²) in [6, 6.07) is 14.4. The highest BCUT2D eigenvalue weighted by atomic mass is 35.5. The van der Waals surface area contributed by atoms with Gasteiger partial charge in [-0.05, 0) is 42.0 Å². The van der Waals surface area contributed by atoms with Crippen LogP contribution in [0.5, 0.6) is 5.75 Å². The molecule has 0 bridgehead atoms. The van der Waals surface area contributed by atoms with E-state index < -0.39 is 0 Å². The first-order chi connectivity index (χ1) is 12.0. The van der Waals surface area contributed by atoms with Crippen LogP contribution in [0.4, 0.5) is 11.4 Å². The summed E-state index contributed by atoms with van der Waals surface area (Å²) in [5.74, 6) is 0.355. The van der Waals surface area contributed by atoms with E-state index >= 15 is 0 Å². The van der Waals surface area contributed by atoms with Gasteiger partial charge in [-0.1, -0.05) is 23.7 Å². The second-order valence-electron chi connectivity index (χ2n) is 5.39. The van der Waals surface area contributed by atoms with Crippen LogP contribution < -0.4 is 15.0 Å². The number of ether oxygens (including phenoxy) is 1. The fraction of sp³-hybridized carbons (Fsp3) is 0.158. The number of halogens is 1. The molecule has 1 N–H and O–H groups in total. The summed E-state index contributed by atoms with van der Waals surface area (Å²) in [5.41, 5.74) is 2.36. The molecule has 25 heavy (non-hydrogen) atoms. The van der Waals surface area contributed by atoms with Gasteiger partial charge in [-0.25, -0.2) is 0 Å². The Labute approximate surface area is 152 Å². The Kier molecular flexibility index (Phi) is 6.44. The van der Waals surface area contributed by atoms with Gasteiger partial charge >= 0.3 is 0 Å². The molecule has 0 atom stereocenters. The lowest BCUT2D eigenvalue weighted by molar-refractivity contribution is -0.111. The molecule has 1 amide bonds. The lowest BCUT2D eigenvalue weighted by atomic mass is 10.2. The third-order valence-electron chi connectivity index (χ3n) is 3.31. The average Bonchev–Trinajstić information content (AvgIpc) is 2.59. The van der Waals surface area contributed by atoms with E-state index in [2.05, 4.69) is 5.32 Å². The van der Waals surface area contributed by atoms with Crippen LogP contribution >= 0.6 is 11.6 Å². The molecule has 5 nitrogen and oxygen atoms in total. The number of carbonyl (C=O) groups excluding carboxylic acids is 1.